The molecule has 0 aromatic rings. The first kappa shape index (κ1) is 16.0. The van der Waals surface area contributed by atoms with E-state index >= 15 is 0 Å². The van der Waals surface area contributed by atoms with E-state index in [2.05, 4.69) is 13.8 Å². The summed E-state index contributed by atoms with van der Waals surface area (Å²) in [5, 5.41) is 0. The number of carbonyl (C=O) groups excluding carboxylic acids is 2. The lowest BCUT2D eigenvalue weighted by Crippen LogP contribution is -2.44. The molecule has 1 aliphatic heterocycles. The maximum absolute atomic E-state index is 12.4. The van der Waals surface area contributed by atoms with Gasteiger partial charge in [-0.1, -0.05) is 20.8 Å². The largest absolute Gasteiger partial charge is 0.469 e. The van der Waals surface area contributed by atoms with Gasteiger partial charge in [-0.25, -0.2) is 0 Å². The highest BCUT2D eigenvalue weighted by molar-refractivity contribution is 5.82. The van der Waals surface area contributed by atoms with E-state index in [0.717, 1.165) is 12.8 Å². The number of hydrogen-bond donors (Lipinski definition) is 0. The molecule has 0 aliphatic carbocycles. The lowest BCUT2D eigenvalue weighted by molar-refractivity contribution is -0.148. The van der Waals surface area contributed by atoms with Crippen molar-refractivity contribution >= 4 is 11.9 Å². The van der Waals surface area contributed by atoms with Gasteiger partial charge in [0, 0.05) is 19.7 Å². The number of amides is 1. The van der Waals surface area contributed by atoms with Gasteiger partial charge in [-0.05, 0) is 18.8 Å². The van der Waals surface area contributed by atoms with Gasteiger partial charge in [0.15, 0.2) is 0 Å². The number of nitrogens with zero attached hydrogens (tertiary/aromatic N) is 1. The van der Waals surface area contributed by atoms with Crippen LogP contribution in [-0.2, 0) is 19.1 Å². The molecule has 1 rings (SSSR count). The van der Waals surface area contributed by atoms with E-state index in [1.54, 1.807) is 11.8 Å². The molecule has 2 unspecified atom stereocenters. The average molecular weight is 271 g/mol. The lowest BCUT2D eigenvalue weighted by Gasteiger charge is -2.28. The standard InChI is InChI=1S/C14H25NO4/c1-10(2)8-15(9-11(3)14(17)18-4)13(16)12-6-5-7-19-12/h10-12H,5-9H2,1-4H3. The second-order valence-electron chi connectivity index (χ2n) is 5.56. The van der Waals surface area contributed by atoms with Crippen LogP contribution >= 0.6 is 0 Å². The van der Waals surface area contributed by atoms with Crippen molar-refractivity contribution in [3.63, 3.8) is 0 Å². The van der Waals surface area contributed by atoms with E-state index < -0.39 is 0 Å². The Bertz CT molecular complexity index is 311. The van der Waals surface area contributed by atoms with Gasteiger partial charge in [0.25, 0.3) is 5.91 Å². The number of esters is 1. The highest BCUT2D eigenvalue weighted by atomic mass is 16.5. The van der Waals surface area contributed by atoms with Gasteiger partial charge in [-0.15, -0.1) is 0 Å². The summed E-state index contributed by atoms with van der Waals surface area (Å²) in [6, 6.07) is 0. The third-order valence-corrected chi connectivity index (χ3v) is 3.20. The van der Waals surface area contributed by atoms with Gasteiger partial charge in [-0.3, -0.25) is 9.59 Å². The normalized spacial score (nSPS) is 20.4. The van der Waals surface area contributed by atoms with Crippen LogP contribution in [0, 0.1) is 11.8 Å². The predicted molar refractivity (Wildman–Crippen MR) is 71.6 cm³/mol. The Labute approximate surface area is 115 Å². The molecule has 0 N–H and O–H groups in total. The van der Waals surface area contributed by atoms with Crippen molar-refractivity contribution in [3.05, 3.63) is 0 Å². The molecule has 0 radical (unpaired) electrons. The maximum Gasteiger partial charge on any atom is 0.310 e. The van der Waals surface area contributed by atoms with Gasteiger partial charge in [0.1, 0.15) is 6.10 Å². The fourth-order valence-corrected chi connectivity index (χ4v) is 2.28. The fourth-order valence-electron chi connectivity index (χ4n) is 2.28. The molecule has 1 saturated heterocycles. The monoisotopic (exact) mass is 271 g/mol. The molecule has 0 aromatic heterocycles. The first-order chi connectivity index (χ1) is 8.95. The molecule has 0 saturated carbocycles. The minimum atomic E-state index is -0.330. The second-order valence-corrected chi connectivity index (χ2v) is 5.56. The van der Waals surface area contributed by atoms with E-state index in [1.165, 1.54) is 7.11 Å². The van der Waals surface area contributed by atoms with E-state index in [-0.39, 0.29) is 23.9 Å². The van der Waals surface area contributed by atoms with E-state index in [1.807, 2.05) is 0 Å². The Morgan fingerprint density at radius 3 is 2.47 bits per heavy atom. The van der Waals surface area contributed by atoms with Crippen LogP contribution in [0.25, 0.3) is 0 Å². The Morgan fingerprint density at radius 1 is 1.32 bits per heavy atom. The lowest BCUT2D eigenvalue weighted by atomic mass is 10.1. The highest BCUT2D eigenvalue weighted by Gasteiger charge is 2.30. The number of carbonyl (C=O) groups is 2. The zero-order valence-electron chi connectivity index (χ0n) is 12.3. The first-order valence-corrected chi connectivity index (χ1v) is 6.94. The molecule has 5 nitrogen and oxygen atoms in total. The fraction of sp³-hybridized carbons (Fsp3) is 0.857. The zero-order valence-corrected chi connectivity index (χ0v) is 12.3. The molecule has 2 atom stereocenters. The van der Waals surface area contributed by atoms with Crippen molar-refractivity contribution in [1.29, 1.82) is 0 Å². The minimum absolute atomic E-state index is 0.00181. The topological polar surface area (TPSA) is 55.8 Å². The molecular formula is C14H25NO4. The van der Waals surface area contributed by atoms with Gasteiger partial charge >= 0.3 is 5.97 Å². The van der Waals surface area contributed by atoms with Crippen LogP contribution in [0.3, 0.4) is 0 Å². The summed E-state index contributed by atoms with van der Waals surface area (Å²) in [7, 11) is 1.37. The molecule has 110 valence electrons. The Hall–Kier alpha value is -1.10. The molecule has 1 aliphatic rings. The molecule has 1 amide bonds. The zero-order chi connectivity index (χ0) is 14.4. The van der Waals surface area contributed by atoms with Crippen LogP contribution in [0.4, 0.5) is 0 Å². The number of methoxy groups -OCH3 is 1. The SMILES string of the molecule is COC(=O)C(C)CN(CC(C)C)C(=O)C1CCCO1. The smallest absolute Gasteiger partial charge is 0.310 e. The van der Waals surface area contributed by atoms with Gasteiger partial charge < -0.3 is 14.4 Å². The maximum atomic E-state index is 12.4. The predicted octanol–water partition coefficient (Wildman–Crippen LogP) is 1.46. The summed E-state index contributed by atoms with van der Waals surface area (Å²) in [5.74, 6) is -0.236. The number of rotatable bonds is 6. The molecule has 5 heteroatoms. The number of ether oxygens (including phenoxy) is 2. The van der Waals surface area contributed by atoms with E-state index in [9.17, 15) is 9.59 Å². The van der Waals surface area contributed by atoms with Crippen molar-refractivity contribution in [3.8, 4) is 0 Å². The average Bonchev–Trinajstić information content (AvgIpc) is 2.89. The van der Waals surface area contributed by atoms with Crippen LogP contribution in [0.15, 0.2) is 0 Å². The molecule has 19 heavy (non-hydrogen) atoms. The minimum Gasteiger partial charge on any atom is -0.469 e. The third kappa shape index (κ3) is 4.82. The second kappa shape index (κ2) is 7.48. The Balaban J connectivity index is 2.64. The Kier molecular flexibility index (Phi) is 6.28. The van der Waals surface area contributed by atoms with Crippen LogP contribution in [-0.4, -0.2) is 49.7 Å². The van der Waals surface area contributed by atoms with Crippen LogP contribution in [0.5, 0.6) is 0 Å². The molecule has 0 bridgehead atoms. The van der Waals surface area contributed by atoms with Gasteiger partial charge in [0.05, 0.1) is 13.0 Å². The van der Waals surface area contributed by atoms with Gasteiger partial charge in [0.2, 0.25) is 0 Å². The van der Waals surface area contributed by atoms with Gasteiger partial charge in [-0.2, -0.15) is 0 Å². The summed E-state index contributed by atoms with van der Waals surface area (Å²) < 4.78 is 10.2. The number of hydrogen-bond acceptors (Lipinski definition) is 4. The van der Waals surface area contributed by atoms with Crippen molar-refractivity contribution in [2.75, 3.05) is 26.8 Å². The molecule has 1 fully saturated rings. The molecular weight excluding hydrogens is 246 g/mol. The third-order valence-electron chi connectivity index (χ3n) is 3.20. The Morgan fingerprint density at radius 2 is 2.00 bits per heavy atom. The molecule has 1 heterocycles. The summed E-state index contributed by atoms with van der Waals surface area (Å²) in [6.45, 7) is 7.57. The highest BCUT2D eigenvalue weighted by Crippen LogP contribution is 2.17. The summed E-state index contributed by atoms with van der Waals surface area (Å²) in [5.41, 5.74) is 0. The van der Waals surface area contributed by atoms with Crippen molar-refractivity contribution in [2.45, 2.75) is 39.7 Å². The van der Waals surface area contributed by atoms with E-state index in [4.69, 9.17) is 9.47 Å². The van der Waals surface area contributed by atoms with Crippen LogP contribution in [0.1, 0.15) is 33.6 Å². The van der Waals surface area contributed by atoms with E-state index in [0.29, 0.717) is 25.6 Å². The van der Waals surface area contributed by atoms with Crippen molar-refractivity contribution < 1.29 is 19.1 Å². The molecule has 0 aromatic carbocycles. The quantitative estimate of drug-likeness (QED) is 0.686. The summed E-state index contributed by atoms with van der Waals surface area (Å²) in [6.07, 6.45) is 1.38. The van der Waals surface area contributed by atoms with Crippen LogP contribution < -0.4 is 0 Å². The summed E-state index contributed by atoms with van der Waals surface area (Å²) >= 11 is 0. The summed E-state index contributed by atoms with van der Waals surface area (Å²) in [4.78, 5) is 25.6. The molecule has 0 spiro atoms. The van der Waals surface area contributed by atoms with Crippen LogP contribution in [0.2, 0.25) is 0 Å². The van der Waals surface area contributed by atoms with Crippen molar-refractivity contribution in [2.24, 2.45) is 11.8 Å². The first-order valence-electron chi connectivity index (χ1n) is 6.94. The van der Waals surface area contributed by atoms with Crippen molar-refractivity contribution in [1.82, 2.24) is 4.90 Å².